The Hall–Kier alpha value is -7.17. The standard InChI is InChI=1S/C49H32N4/c1-3-15-33(16-4-1)34-29-31-35(32-30-34)38-25-13-19-36-20-14-26-42(46(36)38)39-21-7-8-24-43(39)48-50-47(37-17-5-2-6-18-37)51-49(52-48)53-44-27-11-9-22-40(44)41-23-10-12-28-45(41)53/h1-32H. The summed E-state index contributed by atoms with van der Waals surface area (Å²) in [5.41, 5.74) is 10.9. The molecule has 0 saturated carbocycles. The fourth-order valence-corrected chi connectivity index (χ4v) is 7.63. The van der Waals surface area contributed by atoms with Gasteiger partial charge in [0.1, 0.15) is 0 Å². The molecule has 248 valence electrons. The van der Waals surface area contributed by atoms with E-state index in [4.69, 9.17) is 15.0 Å². The molecule has 0 aliphatic heterocycles. The molecule has 0 N–H and O–H groups in total. The predicted molar refractivity (Wildman–Crippen MR) is 219 cm³/mol. The molecule has 4 heteroatoms. The third kappa shape index (κ3) is 5.36. The minimum absolute atomic E-state index is 0.582. The van der Waals surface area contributed by atoms with Crippen LogP contribution in [0.5, 0.6) is 0 Å². The van der Waals surface area contributed by atoms with Gasteiger partial charge in [-0.1, -0.05) is 182 Å². The SMILES string of the molecule is c1ccc(-c2ccc(-c3cccc4cccc(-c5ccccc5-c5nc(-c6ccccc6)nc(-n6c7ccccc7c7ccccc76)n5)c34)cc2)cc1. The Kier molecular flexibility index (Phi) is 7.43. The average molecular weight is 677 g/mol. The van der Waals surface area contributed by atoms with Crippen LogP contribution in [0, 0.1) is 0 Å². The van der Waals surface area contributed by atoms with Gasteiger partial charge in [0, 0.05) is 21.9 Å². The van der Waals surface area contributed by atoms with E-state index in [0.717, 1.165) is 44.1 Å². The van der Waals surface area contributed by atoms with Crippen LogP contribution in [0.15, 0.2) is 194 Å². The molecule has 0 bridgehead atoms. The van der Waals surface area contributed by atoms with Crippen LogP contribution in [0.1, 0.15) is 0 Å². The van der Waals surface area contributed by atoms with Gasteiger partial charge in [-0.05, 0) is 56.3 Å². The highest BCUT2D eigenvalue weighted by atomic mass is 15.2. The molecule has 0 aliphatic carbocycles. The maximum absolute atomic E-state index is 5.30. The summed E-state index contributed by atoms with van der Waals surface area (Å²) in [6, 6.07) is 68.1. The molecule has 2 aromatic heterocycles. The van der Waals surface area contributed by atoms with Gasteiger partial charge in [0.2, 0.25) is 5.95 Å². The first-order chi connectivity index (χ1) is 26.3. The van der Waals surface area contributed by atoms with E-state index >= 15 is 0 Å². The number of hydrogen-bond donors (Lipinski definition) is 0. The van der Waals surface area contributed by atoms with Crippen LogP contribution in [-0.4, -0.2) is 19.5 Å². The molecule has 8 aromatic carbocycles. The van der Waals surface area contributed by atoms with Gasteiger partial charge in [-0.2, -0.15) is 9.97 Å². The highest BCUT2D eigenvalue weighted by molar-refractivity contribution is 6.10. The van der Waals surface area contributed by atoms with E-state index in [9.17, 15) is 0 Å². The quantitative estimate of drug-likeness (QED) is 0.176. The molecule has 0 atom stereocenters. The maximum atomic E-state index is 5.30. The molecule has 0 fully saturated rings. The van der Waals surface area contributed by atoms with E-state index in [1.807, 2.05) is 18.2 Å². The molecule has 0 radical (unpaired) electrons. The number of rotatable bonds is 6. The van der Waals surface area contributed by atoms with Gasteiger partial charge in [-0.25, -0.2) is 4.98 Å². The van der Waals surface area contributed by atoms with E-state index in [1.165, 1.54) is 33.0 Å². The minimum Gasteiger partial charge on any atom is -0.278 e. The summed E-state index contributed by atoms with van der Waals surface area (Å²) >= 11 is 0. The highest BCUT2D eigenvalue weighted by Gasteiger charge is 2.20. The smallest absolute Gasteiger partial charge is 0.238 e. The summed E-state index contributed by atoms with van der Waals surface area (Å²) in [5, 5.41) is 4.68. The van der Waals surface area contributed by atoms with Crippen LogP contribution >= 0.6 is 0 Å². The van der Waals surface area contributed by atoms with Gasteiger partial charge in [0.05, 0.1) is 11.0 Å². The number of benzene rings is 8. The Labute approximate surface area is 307 Å². The molecule has 0 spiro atoms. The fraction of sp³-hybridized carbons (Fsp3) is 0. The monoisotopic (exact) mass is 676 g/mol. The third-order valence-electron chi connectivity index (χ3n) is 10.1. The molecule has 53 heavy (non-hydrogen) atoms. The first-order valence-electron chi connectivity index (χ1n) is 17.9. The first-order valence-corrected chi connectivity index (χ1v) is 17.9. The summed E-state index contributed by atoms with van der Waals surface area (Å²) in [6.45, 7) is 0. The number of hydrogen-bond acceptors (Lipinski definition) is 3. The summed E-state index contributed by atoms with van der Waals surface area (Å²) in [7, 11) is 0. The van der Waals surface area contributed by atoms with Crippen LogP contribution in [0.25, 0.3) is 94.7 Å². The second-order valence-corrected chi connectivity index (χ2v) is 13.2. The zero-order valence-electron chi connectivity index (χ0n) is 28.8. The summed E-state index contributed by atoms with van der Waals surface area (Å²) in [5.74, 6) is 1.82. The van der Waals surface area contributed by atoms with Crippen molar-refractivity contribution in [3.05, 3.63) is 194 Å². The lowest BCUT2D eigenvalue weighted by Gasteiger charge is -2.16. The van der Waals surface area contributed by atoms with Crippen LogP contribution in [0.3, 0.4) is 0 Å². The molecular weight excluding hydrogens is 645 g/mol. The normalized spacial score (nSPS) is 11.4. The molecule has 0 saturated heterocycles. The van der Waals surface area contributed by atoms with E-state index in [2.05, 4.69) is 180 Å². The summed E-state index contributed by atoms with van der Waals surface area (Å²) in [6.07, 6.45) is 0. The van der Waals surface area contributed by atoms with Gasteiger partial charge in [-0.15, -0.1) is 0 Å². The van der Waals surface area contributed by atoms with Crippen molar-refractivity contribution in [3.63, 3.8) is 0 Å². The number of para-hydroxylation sites is 2. The van der Waals surface area contributed by atoms with Crippen LogP contribution in [0.2, 0.25) is 0 Å². The Morgan fingerprint density at radius 2 is 0.792 bits per heavy atom. The predicted octanol–water partition coefficient (Wildman–Crippen LogP) is 12.5. The van der Waals surface area contributed by atoms with Crippen LogP contribution in [0.4, 0.5) is 0 Å². The maximum Gasteiger partial charge on any atom is 0.238 e. The van der Waals surface area contributed by atoms with Gasteiger partial charge in [-0.3, -0.25) is 4.57 Å². The van der Waals surface area contributed by atoms with Gasteiger partial charge >= 0.3 is 0 Å². The van der Waals surface area contributed by atoms with Crippen molar-refractivity contribution in [2.45, 2.75) is 0 Å². The molecule has 0 unspecified atom stereocenters. The van der Waals surface area contributed by atoms with E-state index in [-0.39, 0.29) is 0 Å². The molecule has 0 amide bonds. The second-order valence-electron chi connectivity index (χ2n) is 13.2. The zero-order valence-corrected chi connectivity index (χ0v) is 28.8. The van der Waals surface area contributed by atoms with Crippen molar-refractivity contribution in [3.8, 4) is 62.1 Å². The van der Waals surface area contributed by atoms with Crippen molar-refractivity contribution < 1.29 is 0 Å². The molecule has 4 nitrogen and oxygen atoms in total. The fourth-order valence-electron chi connectivity index (χ4n) is 7.63. The Morgan fingerprint density at radius 1 is 0.302 bits per heavy atom. The van der Waals surface area contributed by atoms with E-state index in [0.29, 0.717) is 17.6 Å². The Bertz CT molecular complexity index is 2870. The third-order valence-corrected chi connectivity index (χ3v) is 10.1. The number of aromatic nitrogens is 4. The average Bonchev–Trinajstić information content (AvgIpc) is 3.58. The number of fused-ring (bicyclic) bond motifs is 4. The van der Waals surface area contributed by atoms with Crippen molar-refractivity contribution in [2.24, 2.45) is 0 Å². The second kappa shape index (κ2) is 12.9. The van der Waals surface area contributed by atoms with Crippen molar-refractivity contribution in [1.29, 1.82) is 0 Å². The first kappa shape index (κ1) is 30.6. The molecule has 0 aliphatic rings. The van der Waals surface area contributed by atoms with Gasteiger partial charge in [0.15, 0.2) is 11.6 Å². The Morgan fingerprint density at radius 3 is 1.47 bits per heavy atom. The summed E-state index contributed by atoms with van der Waals surface area (Å²) < 4.78 is 2.17. The van der Waals surface area contributed by atoms with Gasteiger partial charge < -0.3 is 0 Å². The van der Waals surface area contributed by atoms with Crippen molar-refractivity contribution >= 4 is 32.6 Å². The molecule has 10 aromatic rings. The molecule has 10 rings (SSSR count). The van der Waals surface area contributed by atoms with Crippen LogP contribution in [-0.2, 0) is 0 Å². The lowest BCUT2D eigenvalue weighted by Crippen LogP contribution is -2.06. The lowest BCUT2D eigenvalue weighted by atomic mass is 9.89. The topological polar surface area (TPSA) is 43.6 Å². The largest absolute Gasteiger partial charge is 0.278 e. The van der Waals surface area contributed by atoms with Crippen LogP contribution < -0.4 is 0 Å². The van der Waals surface area contributed by atoms with Crippen molar-refractivity contribution in [2.75, 3.05) is 0 Å². The lowest BCUT2D eigenvalue weighted by molar-refractivity contribution is 0.953. The molecular formula is C49H32N4. The Balaban J connectivity index is 1.19. The number of nitrogens with zero attached hydrogens (tertiary/aromatic N) is 4. The minimum atomic E-state index is 0.582. The van der Waals surface area contributed by atoms with E-state index < -0.39 is 0 Å². The highest BCUT2D eigenvalue weighted by Crippen LogP contribution is 2.41. The van der Waals surface area contributed by atoms with Crippen molar-refractivity contribution in [1.82, 2.24) is 19.5 Å². The summed E-state index contributed by atoms with van der Waals surface area (Å²) in [4.78, 5) is 15.6. The van der Waals surface area contributed by atoms with Gasteiger partial charge in [0.25, 0.3) is 0 Å². The molecule has 2 heterocycles. The van der Waals surface area contributed by atoms with E-state index in [1.54, 1.807) is 0 Å². The zero-order chi connectivity index (χ0) is 35.1.